The zero-order valence-electron chi connectivity index (χ0n) is 21.6. The second-order valence-corrected chi connectivity index (χ2v) is 8.46. The molecule has 196 valence electrons. The van der Waals surface area contributed by atoms with E-state index in [1.165, 1.54) is 12.3 Å². The van der Waals surface area contributed by atoms with Crippen LogP contribution in [-0.2, 0) is 24.5 Å². The molecule has 0 bridgehead atoms. The van der Waals surface area contributed by atoms with Crippen LogP contribution in [0.3, 0.4) is 0 Å². The van der Waals surface area contributed by atoms with Crippen molar-refractivity contribution in [2.24, 2.45) is 0 Å². The Bertz CT molecular complexity index is 1420. The fourth-order valence-corrected chi connectivity index (χ4v) is 3.74. The number of hydrogen-bond donors (Lipinski definition) is 2. The quantitative estimate of drug-likeness (QED) is 0.274. The van der Waals surface area contributed by atoms with Crippen molar-refractivity contribution in [2.75, 3.05) is 12.4 Å². The van der Waals surface area contributed by atoms with E-state index >= 15 is 0 Å². The van der Waals surface area contributed by atoms with E-state index in [0.717, 1.165) is 22.4 Å². The Hall–Kier alpha value is -4.79. The van der Waals surface area contributed by atoms with Crippen LogP contribution in [0.2, 0.25) is 0 Å². The minimum atomic E-state index is -0.415. The minimum absolute atomic E-state index is 0.125. The van der Waals surface area contributed by atoms with Gasteiger partial charge in [0.1, 0.15) is 23.9 Å². The summed E-state index contributed by atoms with van der Waals surface area (Å²) in [5.41, 5.74) is 3.13. The Kier molecular flexibility index (Phi) is 8.61. The van der Waals surface area contributed by atoms with E-state index in [9.17, 15) is 9.59 Å². The van der Waals surface area contributed by atoms with Crippen molar-refractivity contribution in [3.8, 4) is 11.5 Å². The molecule has 0 aliphatic rings. The summed E-state index contributed by atoms with van der Waals surface area (Å²) in [6.07, 6.45) is 6.25. The van der Waals surface area contributed by atoms with Crippen LogP contribution in [0, 0.1) is 6.92 Å². The molecule has 0 radical (unpaired) electrons. The number of rotatable bonds is 11. The molecule has 4 aromatic rings. The van der Waals surface area contributed by atoms with Gasteiger partial charge in [0, 0.05) is 24.4 Å². The zero-order chi connectivity index (χ0) is 26.9. The van der Waals surface area contributed by atoms with E-state index in [-0.39, 0.29) is 12.2 Å². The summed E-state index contributed by atoms with van der Waals surface area (Å²) < 4.78 is 18.3. The van der Waals surface area contributed by atoms with E-state index in [0.29, 0.717) is 30.3 Å². The van der Waals surface area contributed by atoms with Gasteiger partial charge in [-0.2, -0.15) is 5.10 Å². The van der Waals surface area contributed by atoms with Crippen molar-refractivity contribution in [1.29, 1.82) is 0 Å². The van der Waals surface area contributed by atoms with E-state index in [1.807, 2.05) is 56.3 Å². The standard InChI is InChI=1S/C29H30N4O5/c1-4-33-18-24(28(32-33)29(35)30-17-23-9-7-15-37-23)31-27(34)14-12-21-11-13-26(36-3)22(16-21)19-38-25-10-6-5-8-20(25)2/h5-16,18H,4,17,19H2,1-3H3,(H,30,35)(H,31,34)/b14-12+. The summed E-state index contributed by atoms with van der Waals surface area (Å²) in [7, 11) is 1.61. The normalized spacial score (nSPS) is 10.9. The van der Waals surface area contributed by atoms with Gasteiger partial charge in [-0.05, 0) is 61.4 Å². The first-order valence-corrected chi connectivity index (χ1v) is 12.2. The molecule has 4 rings (SSSR count). The van der Waals surface area contributed by atoms with Crippen LogP contribution >= 0.6 is 0 Å². The molecule has 0 saturated heterocycles. The molecule has 38 heavy (non-hydrogen) atoms. The average molecular weight is 515 g/mol. The number of aromatic nitrogens is 2. The average Bonchev–Trinajstić information content (AvgIpc) is 3.60. The number of ether oxygens (including phenoxy) is 2. The van der Waals surface area contributed by atoms with Gasteiger partial charge < -0.3 is 24.5 Å². The third-order valence-electron chi connectivity index (χ3n) is 5.77. The van der Waals surface area contributed by atoms with Crippen molar-refractivity contribution >= 4 is 23.6 Å². The third-order valence-corrected chi connectivity index (χ3v) is 5.77. The highest BCUT2D eigenvalue weighted by Gasteiger charge is 2.18. The number of furan rings is 1. The lowest BCUT2D eigenvalue weighted by molar-refractivity contribution is -0.111. The molecule has 2 N–H and O–H groups in total. The highest BCUT2D eigenvalue weighted by molar-refractivity contribution is 6.06. The number of amides is 2. The van der Waals surface area contributed by atoms with Crippen molar-refractivity contribution in [3.63, 3.8) is 0 Å². The molecule has 0 fully saturated rings. The zero-order valence-corrected chi connectivity index (χ0v) is 21.6. The number of carbonyl (C=O) groups excluding carboxylic acids is 2. The number of methoxy groups -OCH3 is 1. The van der Waals surface area contributed by atoms with Gasteiger partial charge >= 0.3 is 0 Å². The Balaban J connectivity index is 1.43. The lowest BCUT2D eigenvalue weighted by Gasteiger charge is -2.12. The number of nitrogens with zero attached hydrogens (tertiary/aromatic N) is 2. The fourth-order valence-electron chi connectivity index (χ4n) is 3.74. The van der Waals surface area contributed by atoms with Crippen molar-refractivity contribution < 1.29 is 23.5 Å². The predicted octanol–water partition coefficient (Wildman–Crippen LogP) is 4.97. The smallest absolute Gasteiger partial charge is 0.274 e. The first-order chi connectivity index (χ1) is 18.5. The van der Waals surface area contributed by atoms with Crippen LogP contribution in [0.25, 0.3) is 6.08 Å². The molecule has 0 aliphatic heterocycles. The van der Waals surface area contributed by atoms with Gasteiger partial charge in [0.2, 0.25) is 5.91 Å². The molecule has 0 atom stereocenters. The number of carbonyl (C=O) groups is 2. The Morgan fingerprint density at radius 2 is 1.95 bits per heavy atom. The maximum atomic E-state index is 12.7. The van der Waals surface area contributed by atoms with Crippen molar-refractivity contribution in [2.45, 2.75) is 33.5 Å². The number of para-hydroxylation sites is 1. The summed E-state index contributed by atoms with van der Waals surface area (Å²) >= 11 is 0. The molecule has 0 saturated carbocycles. The molecule has 0 spiro atoms. The third kappa shape index (κ3) is 6.70. The van der Waals surface area contributed by atoms with Gasteiger partial charge in [-0.1, -0.05) is 24.3 Å². The monoisotopic (exact) mass is 514 g/mol. The Labute approximate surface area is 221 Å². The lowest BCUT2D eigenvalue weighted by Crippen LogP contribution is -2.24. The summed E-state index contributed by atoms with van der Waals surface area (Å²) in [6.45, 7) is 4.96. The maximum absolute atomic E-state index is 12.7. The topological polar surface area (TPSA) is 108 Å². The fraction of sp³-hybridized carbons (Fsp3) is 0.207. The minimum Gasteiger partial charge on any atom is -0.496 e. The number of anilines is 1. The van der Waals surface area contributed by atoms with Crippen molar-refractivity contribution in [1.82, 2.24) is 15.1 Å². The predicted molar refractivity (Wildman–Crippen MR) is 144 cm³/mol. The van der Waals surface area contributed by atoms with Crippen LogP contribution in [0.4, 0.5) is 5.69 Å². The molecule has 2 aromatic heterocycles. The van der Waals surface area contributed by atoms with Gasteiger partial charge in [-0.25, -0.2) is 0 Å². The molecule has 2 amide bonds. The molecule has 2 aromatic carbocycles. The van der Waals surface area contributed by atoms with Crippen LogP contribution in [0.15, 0.2) is 77.6 Å². The first kappa shape index (κ1) is 26.3. The van der Waals surface area contributed by atoms with Gasteiger partial charge in [0.15, 0.2) is 5.69 Å². The molecule has 0 aliphatic carbocycles. The molecular weight excluding hydrogens is 484 g/mol. The number of nitrogens with one attached hydrogen (secondary N) is 2. The van der Waals surface area contributed by atoms with E-state index in [1.54, 1.807) is 36.2 Å². The Morgan fingerprint density at radius 1 is 1.11 bits per heavy atom. The number of aryl methyl sites for hydroxylation is 2. The molecule has 9 nitrogen and oxygen atoms in total. The van der Waals surface area contributed by atoms with E-state index < -0.39 is 11.8 Å². The molecule has 2 heterocycles. The lowest BCUT2D eigenvalue weighted by atomic mass is 10.1. The number of hydrogen-bond acceptors (Lipinski definition) is 6. The second-order valence-electron chi connectivity index (χ2n) is 8.46. The summed E-state index contributed by atoms with van der Waals surface area (Å²) in [5, 5.41) is 9.80. The van der Waals surface area contributed by atoms with E-state index in [4.69, 9.17) is 13.9 Å². The van der Waals surface area contributed by atoms with Gasteiger partial charge in [0.05, 0.1) is 25.6 Å². The molecule has 0 unspecified atom stereocenters. The van der Waals surface area contributed by atoms with Gasteiger partial charge in [-0.3, -0.25) is 14.3 Å². The van der Waals surface area contributed by atoms with Gasteiger partial charge in [-0.15, -0.1) is 0 Å². The highest BCUT2D eigenvalue weighted by Crippen LogP contribution is 2.24. The maximum Gasteiger partial charge on any atom is 0.274 e. The van der Waals surface area contributed by atoms with Crippen LogP contribution in [0.5, 0.6) is 11.5 Å². The van der Waals surface area contributed by atoms with E-state index in [2.05, 4.69) is 15.7 Å². The van der Waals surface area contributed by atoms with Crippen LogP contribution < -0.4 is 20.1 Å². The van der Waals surface area contributed by atoms with Crippen LogP contribution in [0.1, 0.15) is 39.9 Å². The highest BCUT2D eigenvalue weighted by atomic mass is 16.5. The summed E-state index contributed by atoms with van der Waals surface area (Å²) in [4.78, 5) is 25.4. The summed E-state index contributed by atoms with van der Waals surface area (Å²) in [5.74, 6) is 1.30. The number of benzene rings is 2. The second kappa shape index (κ2) is 12.4. The summed E-state index contributed by atoms with van der Waals surface area (Å²) in [6, 6.07) is 16.9. The molecule has 9 heteroatoms. The van der Waals surface area contributed by atoms with Crippen LogP contribution in [-0.4, -0.2) is 28.7 Å². The molecular formula is C29H30N4O5. The first-order valence-electron chi connectivity index (χ1n) is 12.2. The van der Waals surface area contributed by atoms with Crippen molar-refractivity contribution in [3.05, 3.63) is 101 Å². The Morgan fingerprint density at radius 3 is 2.68 bits per heavy atom. The largest absolute Gasteiger partial charge is 0.496 e. The SMILES string of the molecule is CCn1cc(NC(=O)/C=C/c2ccc(OC)c(COc3ccccc3C)c2)c(C(=O)NCc2ccco2)n1. The van der Waals surface area contributed by atoms with Gasteiger partial charge in [0.25, 0.3) is 5.91 Å².